The quantitative estimate of drug-likeness (QED) is 0.775. The van der Waals surface area contributed by atoms with Crippen LogP contribution in [-0.4, -0.2) is 49.5 Å². The summed E-state index contributed by atoms with van der Waals surface area (Å²) < 4.78 is 5.27. The number of nitrogens with zero attached hydrogens (tertiary/aromatic N) is 1. The number of carbonyl (C=O) groups excluding carboxylic acids is 2. The number of carbonyl (C=O) groups is 2. The van der Waals surface area contributed by atoms with Crippen LogP contribution in [0.2, 0.25) is 0 Å². The van der Waals surface area contributed by atoms with Crippen LogP contribution in [0, 0.1) is 0 Å². The Hall–Kier alpha value is -1.92. The van der Waals surface area contributed by atoms with Crippen molar-refractivity contribution in [3.8, 4) is 0 Å². The van der Waals surface area contributed by atoms with Gasteiger partial charge >= 0.3 is 11.8 Å². The second kappa shape index (κ2) is 9.53. The van der Waals surface area contributed by atoms with Gasteiger partial charge in [-0.15, -0.1) is 0 Å². The molecule has 0 saturated carbocycles. The Morgan fingerprint density at radius 3 is 2.84 bits per heavy atom. The smallest absolute Gasteiger partial charge is 0.313 e. The lowest BCUT2D eigenvalue weighted by Crippen LogP contribution is -2.44. The molecule has 6 nitrogen and oxygen atoms in total. The van der Waals surface area contributed by atoms with Gasteiger partial charge in [-0.05, 0) is 50.9 Å². The van der Waals surface area contributed by atoms with Gasteiger partial charge < -0.3 is 15.4 Å². The Morgan fingerprint density at radius 2 is 2.12 bits per heavy atom. The normalized spacial score (nSPS) is 19.2. The fourth-order valence-electron chi connectivity index (χ4n) is 3.08. The SMILES string of the molecule is CO[C@H](C)c1cccc(NC(=O)C(=O)NCCN2CCCC[C@H]2C)c1. The molecule has 25 heavy (non-hydrogen) atoms. The van der Waals surface area contributed by atoms with Crippen LogP contribution in [0.25, 0.3) is 0 Å². The van der Waals surface area contributed by atoms with Gasteiger partial charge in [0.1, 0.15) is 0 Å². The summed E-state index contributed by atoms with van der Waals surface area (Å²) >= 11 is 0. The molecule has 1 aromatic carbocycles. The van der Waals surface area contributed by atoms with Gasteiger partial charge in [-0.2, -0.15) is 0 Å². The first-order valence-electron chi connectivity index (χ1n) is 8.97. The van der Waals surface area contributed by atoms with E-state index in [-0.39, 0.29) is 6.10 Å². The minimum absolute atomic E-state index is 0.0720. The van der Waals surface area contributed by atoms with Gasteiger partial charge in [0, 0.05) is 31.9 Å². The number of ether oxygens (including phenoxy) is 1. The zero-order valence-electron chi connectivity index (χ0n) is 15.4. The molecule has 1 heterocycles. The molecular formula is C19H29N3O3. The van der Waals surface area contributed by atoms with Crippen LogP contribution < -0.4 is 10.6 Å². The second-order valence-corrected chi connectivity index (χ2v) is 6.59. The summed E-state index contributed by atoms with van der Waals surface area (Å²) in [6, 6.07) is 7.87. The van der Waals surface area contributed by atoms with Crippen molar-refractivity contribution in [2.45, 2.75) is 45.3 Å². The first kappa shape index (κ1) is 19.4. The van der Waals surface area contributed by atoms with Crippen LogP contribution >= 0.6 is 0 Å². The van der Waals surface area contributed by atoms with Gasteiger partial charge in [-0.25, -0.2) is 0 Å². The zero-order chi connectivity index (χ0) is 18.2. The predicted octanol–water partition coefficient (Wildman–Crippen LogP) is 2.32. The van der Waals surface area contributed by atoms with Gasteiger partial charge in [0.15, 0.2) is 0 Å². The van der Waals surface area contributed by atoms with Crippen molar-refractivity contribution >= 4 is 17.5 Å². The molecule has 2 rings (SSSR count). The maximum Gasteiger partial charge on any atom is 0.313 e. The number of benzene rings is 1. The van der Waals surface area contributed by atoms with Crippen molar-refractivity contribution in [1.82, 2.24) is 10.2 Å². The van der Waals surface area contributed by atoms with E-state index in [1.165, 1.54) is 19.3 Å². The maximum atomic E-state index is 12.0. The van der Waals surface area contributed by atoms with E-state index in [4.69, 9.17) is 4.74 Å². The molecule has 0 aromatic heterocycles. The van der Waals surface area contributed by atoms with Crippen LogP contribution in [-0.2, 0) is 14.3 Å². The van der Waals surface area contributed by atoms with Crippen molar-refractivity contribution in [3.63, 3.8) is 0 Å². The van der Waals surface area contributed by atoms with E-state index in [0.717, 1.165) is 18.7 Å². The molecule has 2 amide bonds. The van der Waals surface area contributed by atoms with Crippen molar-refractivity contribution in [3.05, 3.63) is 29.8 Å². The largest absolute Gasteiger partial charge is 0.377 e. The number of nitrogens with one attached hydrogen (secondary N) is 2. The molecule has 6 heteroatoms. The number of hydrogen-bond acceptors (Lipinski definition) is 4. The third-order valence-corrected chi connectivity index (χ3v) is 4.80. The molecule has 1 saturated heterocycles. The molecular weight excluding hydrogens is 318 g/mol. The minimum Gasteiger partial charge on any atom is -0.377 e. The molecule has 2 atom stereocenters. The van der Waals surface area contributed by atoms with E-state index in [0.29, 0.717) is 18.3 Å². The summed E-state index contributed by atoms with van der Waals surface area (Å²) in [6.07, 6.45) is 3.60. The molecule has 0 radical (unpaired) electrons. The number of rotatable bonds is 6. The summed E-state index contributed by atoms with van der Waals surface area (Å²) in [5.74, 6) is -1.25. The second-order valence-electron chi connectivity index (χ2n) is 6.59. The van der Waals surface area contributed by atoms with Gasteiger partial charge in [0.2, 0.25) is 0 Å². The van der Waals surface area contributed by atoms with Crippen molar-refractivity contribution in [1.29, 1.82) is 0 Å². The summed E-state index contributed by atoms with van der Waals surface area (Å²) in [4.78, 5) is 26.4. The molecule has 1 fully saturated rings. The Labute approximate surface area is 149 Å². The van der Waals surface area contributed by atoms with Gasteiger partial charge in [0.05, 0.1) is 6.10 Å². The van der Waals surface area contributed by atoms with E-state index in [1.54, 1.807) is 13.2 Å². The number of amides is 2. The molecule has 0 unspecified atom stereocenters. The van der Waals surface area contributed by atoms with Crippen LogP contribution in [0.3, 0.4) is 0 Å². The third-order valence-electron chi connectivity index (χ3n) is 4.80. The van der Waals surface area contributed by atoms with Crippen molar-refractivity contribution in [2.24, 2.45) is 0 Å². The Bertz CT molecular complexity index is 591. The molecule has 1 aliphatic rings. The molecule has 0 spiro atoms. The summed E-state index contributed by atoms with van der Waals surface area (Å²) in [6.45, 7) is 6.46. The average Bonchev–Trinajstić information content (AvgIpc) is 2.62. The third kappa shape index (κ3) is 5.83. The number of hydrogen-bond donors (Lipinski definition) is 2. The number of likely N-dealkylation sites (tertiary alicyclic amines) is 1. The minimum atomic E-state index is -0.645. The Balaban J connectivity index is 1.79. The molecule has 138 valence electrons. The monoisotopic (exact) mass is 347 g/mol. The molecule has 0 aliphatic carbocycles. The standard InChI is InChI=1S/C19H29N3O3/c1-14-7-4-5-11-22(14)12-10-20-18(23)19(24)21-17-9-6-8-16(13-17)15(2)25-3/h6,8-9,13-15H,4-5,7,10-12H2,1-3H3,(H,20,23)(H,21,24)/t14-,15-/m1/s1. The number of piperidine rings is 1. The Kier molecular flexibility index (Phi) is 7.40. The summed E-state index contributed by atoms with van der Waals surface area (Å²) in [7, 11) is 1.63. The highest BCUT2D eigenvalue weighted by Gasteiger charge is 2.19. The van der Waals surface area contributed by atoms with Gasteiger partial charge in [0.25, 0.3) is 0 Å². The Morgan fingerprint density at radius 1 is 1.32 bits per heavy atom. The highest BCUT2D eigenvalue weighted by Crippen LogP contribution is 2.19. The fourth-order valence-corrected chi connectivity index (χ4v) is 3.08. The lowest BCUT2D eigenvalue weighted by molar-refractivity contribution is -0.136. The summed E-state index contributed by atoms with van der Waals surface area (Å²) in [5, 5.41) is 5.34. The lowest BCUT2D eigenvalue weighted by Gasteiger charge is -2.33. The van der Waals surface area contributed by atoms with Crippen molar-refractivity contribution < 1.29 is 14.3 Å². The highest BCUT2D eigenvalue weighted by molar-refractivity contribution is 6.39. The topological polar surface area (TPSA) is 70.7 Å². The molecule has 0 bridgehead atoms. The zero-order valence-corrected chi connectivity index (χ0v) is 15.4. The molecule has 1 aliphatic heterocycles. The molecule has 2 N–H and O–H groups in total. The number of methoxy groups -OCH3 is 1. The number of anilines is 1. The maximum absolute atomic E-state index is 12.0. The van der Waals surface area contributed by atoms with Crippen LogP contribution in [0.1, 0.15) is 44.8 Å². The van der Waals surface area contributed by atoms with E-state index in [2.05, 4.69) is 22.5 Å². The first-order chi connectivity index (χ1) is 12.0. The predicted molar refractivity (Wildman–Crippen MR) is 98.4 cm³/mol. The fraction of sp³-hybridized carbons (Fsp3) is 0.579. The van der Waals surface area contributed by atoms with Gasteiger partial charge in [-0.3, -0.25) is 14.5 Å². The van der Waals surface area contributed by atoms with Crippen LogP contribution in [0.15, 0.2) is 24.3 Å². The van der Waals surface area contributed by atoms with E-state index < -0.39 is 11.8 Å². The van der Waals surface area contributed by atoms with Crippen molar-refractivity contribution in [2.75, 3.05) is 32.1 Å². The summed E-state index contributed by atoms with van der Waals surface area (Å²) in [5.41, 5.74) is 1.53. The van der Waals surface area contributed by atoms with Crippen LogP contribution in [0.5, 0.6) is 0 Å². The molecule has 1 aromatic rings. The van der Waals surface area contributed by atoms with E-state index >= 15 is 0 Å². The van der Waals surface area contributed by atoms with Crippen LogP contribution in [0.4, 0.5) is 5.69 Å². The average molecular weight is 347 g/mol. The first-order valence-corrected chi connectivity index (χ1v) is 8.97. The van der Waals surface area contributed by atoms with E-state index in [9.17, 15) is 9.59 Å². The van der Waals surface area contributed by atoms with Gasteiger partial charge in [-0.1, -0.05) is 18.6 Å². The highest BCUT2D eigenvalue weighted by atomic mass is 16.5. The van der Waals surface area contributed by atoms with E-state index in [1.807, 2.05) is 25.1 Å². The lowest BCUT2D eigenvalue weighted by atomic mass is 10.0.